The van der Waals surface area contributed by atoms with E-state index in [1.54, 1.807) is 6.92 Å². The third-order valence-corrected chi connectivity index (χ3v) is 0.924. The van der Waals surface area contributed by atoms with Gasteiger partial charge in [-0.25, -0.2) is 9.59 Å². The van der Waals surface area contributed by atoms with Crippen LogP contribution in [0.25, 0.3) is 0 Å². The van der Waals surface area contributed by atoms with Gasteiger partial charge in [-0.1, -0.05) is 0 Å². The van der Waals surface area contributed by atoms with Gasteiger partial charge >= 0.3 is 11.9 Å². The standard InChI is InChI=1S/C5H6O4.C2H4/c1-3-2-8-4(6)5(7)9-3;1-2/h3H,2H2,1H3;1-2H2. The van der Waals surface area contributed by atoms with Gasteiger partial charge in [0.05, 0.1) is 0 Å². The quantitative estimate of drug-likeness (QED) is 0.288. The average molecular weight is 158 g/mol. The molecule has 1 fully saturated rings. The van der Waals surface area contributed by atoms with E-state index in [1.807, 2.05) is 0 Å². The molecule has 4 nitrogen and oxygen atoms in total. The van der Waals surface area contributed by atoms with Gasteiger partial charge in [0, 0.05) is 0 Å². The van der Waals surface area contributed by atoms with Gasteiger partial charge in [-0.3, -0.25) is 0 Å². The second-order valence-corrected chi connectivity index (χ2v) is 1.81. The van der Waals surface area contributed by atoms with Gasteiger partial charge < -0.3 is 9.47 Å². The van der Waals surface area contributed by atoms with Crippen LogP contribution in [-0.2, 0) is 19.1 Å². The highest BCUT2D eigenvalue weighted by Gasteiger charge is 2.26. The van der Waals surface area contributed by atoms with E-state index in [1.165, 1.54) is 0 Å². The second kappa shape index (κ2) is 4.49. The summed E-state index contributed by atoms with van der Waals surface area (Å²) in [6, 6.07) is 0. The van der Waals surface area contributed by atoms with E-state index < -0.39 is 11.9 Å². The van der Waals surface area contributed by atoms with Crippen molar-refractivity contribution in [3.63, 3.8) is 0 Å². The van der Waals surface area contributed by atoms with Crippen LogP contribution in [0.15, 0.2) is 13.2 Å². The molecule has 1 atom stereocenters. The number of esters is 2. The van der Waals surface area contributed by atoms with Crippen molar-refractivity contribution in [3.8, 4) is 0 Å². The zero-order chi connectivity index (χ0) is 8.85. The van der Waals surface area contributed by atoms with Crippen LogP contribution < -0.4 is 0 Å². The lowest BCUT2D eigenvalue weighted by atomic mass is 10.4. The predicted molar refractivity (Wildman–Crippen MR) is 37.8 cm³/mol. The topological polar surface area (TPSA) is 52.6 Å². The van der Waals surface area contributed by atoms with Crippen LogP contribution >= 0.6 is 0 Å². The normalized spacial score (nSPS) is 22.5. The summed E-state index contributed by atoms with van der Waals surface area (Å²) in [6.07, 6.45) is -0.296. The Balaban J connectivity index is 0.000000461. The summed E-state index contributed by atoms with van der Waals surface area (Å²) in [7, 11) is 0. The van der Waals surface area contributed by atoms with Crippen molar-refractivity contribution in [2.24, 2.45) is 0 Å². The van der Waals surface area contributed by atoms with Gasteiger partial charge in [0.1, 0.15) is 12.7 Å². The fraction of sp³-hybridized carbons (Fsp3) is 0.429. The Bertz CT molecular complexity index is 164. The molecule has 1 unspecified atom stereocenters. The molecule has 0 radical (unpaired) electrons. The van der Waals surface area contributed by atoms with Crippen molar-refractivity contribution >= 4 is 11.9 Å². The number of ether oxygens (including phenoxy) is 2. The molecule has 4 heteroatoms. The van der Waals surface area contributed by atoms with E-state index in [9.17, 15) is 9.59 Å². The van der Waals surface area contributed by atoms with Gasteiger partial charge in [-0.2, -0.15) is 0 Å². The molecule has 1 heterocycles. The van der Waals surface area contributed by atoms with Crippen LogP contribution in [0, 0.1) is 0 Å². The molecule has 0 bridgehead atoms. The Hall–Kier alpha value is -1.32. The van der Waals surface area contributed by atoms with Gasteiger partial charge in [-0.15, -0.1) is 13.2 Å². The van der Waals surface area contributed by atoms with Crippen LogP contribution in [0.5, 0.6) is 0 Å². The van der Waals surface area contributed by atoms with Crippen LogP contribution in [0.3, 0.4) is 0 Å². The van der Waals surface area contributed by atoms with Gasteiger partial charge in [-0.05, 0) is 6.92 Å². The maximum Gasteiger partial charge on any atom is 0.417 e. The zero-order valence-electron chi connectivity index (χ0n) is 6.33. The highest BCUT2D eigenvalue weighted by Crippen LogP contribution is 2.00. The van der Waals surface area contributed by atoms with Crippen molar-refractivity contribution in [1.29, 1.82) is 0 Å². The molecular weight excluding hydrogens is 148 g/mol. The van der Waals surface area contributed by atoms with Crippen molar-refractivity contribution in [2.45, 2.75) is 13.0 Å². The van der Waals surface area contributed by atoms with E-state index in [2.05, 4.69) is 22.6 Å². The fourth-order valence-electron chi connectivity index (χ4n) is 0.517. The molecule has 0 N–H and O–H groups in total. The van der Waals surface area contributed by atoms with Crippen LogP contribution in [0.4, 0.5) is 0 Å². The minimum Gasteiger partial charge on any atom is -0.453 e. The minimum atomic E-state index is -0.895. The Morgan fingerprint density at radius 3 is 2.27 bits per heavy atom. The SMILES string of the molecule is C=C.CC1COC(=O)C(=O)O1. The fourth-order valence-corrected chi connectivity index (χ4v) is 0.517. The van der Waals surface area contributed by atoms with Crippen LogP contribution in [0.1, 0.15) is 6.92 Å². The summed E-state index contributed by atoms with van der Waals surface area (Å²) in [4.78, 5) is 20.6. The van der Waals surface area contributed by atoms with Crippen molar-refractivity contribution in [1.82, 2.24) is 0 Å². The average Bonchev–Trinajstić information content (AvgIpc) is 2.02. The number of hydrogen-bond donors (Lipinski definition) is 0. The van der Waals surface area contributed by atoms with Gasteiger partial charge in [0.25, 0.3) is 0 Å². The third-order valence-electron chi connectivity index (χ3n) is 0.924. The molecule has 0 aromatic rings. The summed E-state index contributed by atoms with van der Waals surface area (Å²) < 4.78 is 8.87. The summed E-state index contributed by atoms with van der Waals surface area (Å²) in [6.45, 7) is 7.83. The molecule has 0 aromatic heterocycles. The van der Waals surface area contributed by atoms with Crippen molar-refractivity contribution in [2.75, 3.05) is 6.61 Å². The van der Waals surface area contributed by atoms with Crippen molar-refractivity contribution < 1.29 is 19.1 Å². The maximum absolute atomic E-state index is 10.3. The molecule has 0 aliphatic carbocycles. The van der Waals surface area contributed by atoms with Crippen molar-refractivity contribution in [3.05, 3.63) is 13.2 Å². The molecule has 62 valence electrons. The highest BCUT2D eigenvalue weighted by atomic mass is 16.6. The van der Waals surface area contributed by atoms with Crippen LogP contribution in [0.2, 0.25) is 0 Å². The molecule has 11 heavy (non-hydrogen) atoms. The highest BCUT2D eigenvalue weighted by molar-refractivity contribution is 6.30. The monoisotopic (exact) mass is 158 g/mol. The summed E-state index contributed by atoms with van der Waals surface area (Å²) in [5.74, 6) is -1.79. The maximum atomic E-state index is 10.3. The molecule has 1 aliphatic rings. The summed E-state index contributed by atoms with van der Waals surface area (Å²) >= 11 is 0. The second-order valence-electron chi connectivity index (χ2n) is 1.81. The Morgan fingerprint density at radius 2 is 1.91 bits per heavy atom. The first-order valence-corrected chi connectivity index (χ1v) is 3.08. The smallest absolute Gasteiger partial charge is 0.417 e. The molecule has 1 aliphatic heterocycles. The molecular formula is C7H10O4. The lowest BCUT2D eigenvalue weighted by Gasteiger charge is -2.17. The van der Waals surface area contributed by atoms with Crippen LogP contribution in [-0.4, -0.2) is 24.6 Å². The molecule has 0 aromatic carbocycles. The molecule has 0 spiro atoms. The lowest BCUT2D eigenvalue weighted by molar-refractivity contribution is -0.183. The lowest BCUT2D eigenvalue weighted by Crippen LogP contribution is -2.34. The summed E-state index contributed by atoms with van der Waals surface area (Å²) in [5.41, 5.74) is 0. The predicted octanol–water partition coefficient (Wildman–Crippen LogP) is 0.277. The first-order chi connectivity index (χ1) is 5.20. The first kappa shape index (κ1) is 9.68. The first-order valence-electron chi connectivity index (χ1n) is 3.08. The molecule has 0 amide bonds. The molecule has 0 saturated carbocycles. The third kappa shape index (κ3) is 2.84. The van der Waals surface area contributed by atoms with Gasteiger partial charge in [0.2, 0.25) is 0 Å². The Kier molecular flexibility index (Phi) is 3.95. The van der Waals surface area contributed by atoms with E-state index in [0.29, 0.717) is 0 Å². The van der Waals surface area contributed by atoms with E-state index in [-0.39, 0.29) is 12.7 Å². The largest absolute Gasteiger partial charge is 0.453 e. The zero-order valence-corrected chi connectivity index (χ0v) is 6.33. The Morgan fingerprint density at radius 1 is 1.36 bits per heavy atom. The number of carbonyl (C=O) groups excluding carboxylic acids is 2. The molecule has 1 saturated heterocycles. The number of rotatable bonds is 0. The van der Waals surface area contributed by atoms with E-state index in [4.69, 9.17) is 0 Å². The number of cyclic esters (lactones) is 2. The summed E-state index contributed by atoms with van der Waals surface area (Å²) in [5, 5.41) is 0. The van der Waals surface area contributed by atoms with E-state index in [0.717, 1.165) is 0 Å². The Labute approximate surface area is 64.8 Å². The number of carbonyl (C=O) groups is 2. The number of hydrogen-bond acceptors (Lipinski definition) is 4. The van der Waals surface area contributed by atoms with Gasteiger partial charge in [0.15, 0.2) is 0 Å². The van der Waals surface area contributed by atoms with E-state index >= 15 is 0 Å². The molecule has 1 rings (SSSR count). The minimum absolute atomic E-state index is 0.171.